The molecule has 1 aliphatic rings. The van der Waals surface area contributed by atoms with Crippen molar-refractivity contribution in [2.75, 3.05) is 19.6 Å². The molecule has 0 spiro atoms. The van der Waals surface area contributed by atoms with E-state index in [1.807, 2.05) is 0 Å². The molecule has 1 saturated heterocycles. The van der Waals surface area contributed by atoms with Gasteiger partial charge >= 0.3 is 12.0 Å². The van der Waals surface area contributed by atoms with Gasteiger partial charge in [0.1, 0.15) is 6.04 Å². The molecule has 1 rings (SSSR count). The zero-order valence-corrected chi connectivity index (χ0v) is 10.8. The summed E-state index contributed by atoms with van der Waals surface area (Å²) in [5.41, 5.74) is 0. The first kappa shape index (κ1) is 15.2. The van der Waals surface area contributed by atoms with Crippen LogP contribution < -0.4 is 10.6 Å². The van der Waals surface area contributed by atoms with Gasteiger partial charge in [-0.05, 0) is 19.8 Å². The Morgan fingerprint density at radius 2 is 1.84 bits per heavy atom. The van der Waals surface area contributed by atoms with E-state index < -0.39 is 30.7 Å². The van der Waals surface area contributed by atoms with Crippen LogP contribution in [0.5, 0.6) is 0 Å². The van der Waals surface area contributed by atoms with Crippen LogP contribution >= 0.6 is 0 Å². The topological polar surface area (TPSA) is 119 Å². The maximum Gasteiger partial charge on any atom is 0.334 e. The van der Waals surface area contributed by atoms with Gasteiger partial charge in [-0.15, -0.1) is 0 Å². The summed E-state index contributed by atoms with van der Waals surface area (Å²) < 4.78 is 0. The summed E-state index contributed by atoms with van der Waals surface area (Å²) in [7, 11) is 0. The molecule has 0 aromatic rings. The van der Waals surface area contributed by atoms with Crippen LogP contribution in [0.1, 0.15) is 19.8 Å². The van der Waals surface area contributed by atoms with Crippen molar-refractivity contribution in [2.24, 2.45) is 0 Å². The van der Waals surface area contributed by atoms with Gasteiger partial charge in [-0.2, -0.15) is 0 Å². The van der Waals surface area contributed by atoms with Crippen molar-refractivity contribution in [3.05, 3.63) is 0 Å². The Bertz CT molecular complexity index is 354. The molecule has 1 fully saturated rings. The second-order valence-corrected chi connectivity index (χ2v) is 4.46. The minimum Gasteiger partial charge on any atom is -0.479 e. The van der Waals surface area contributed by atoms with Crippen LogP contribution in [0, 0.1) is 0 Å². The number of urea groups is 1. The van der Waals surface area contributed by atoms with Crippen LogP contribution in [-0.4, -0.2) is 64.8 Å². The van der Waals surface area contributed by atoms with Gasteiger partial charge in [0.2, 0.25) is 5.91 Å². The number of carbonyl (C=O) groups is 3. The molecule has 8 heteroatoms. The summed E-state index contributed by atoms with van der Waals surface area (Å²) in [5.74, 6) is -1.58. The van der Waals surface area contributed by atoms with Gasteiger partial charge in [-0.3, -0.25) is 4.79 Å². The minimum atomic E-state index is -1.66. The van der Waals surface area contributed by atoms with Crippen LogP contribution in [0.15, 0.2) is 0 Å². The average molecular weight is 273 g/mol. The van der Waals surface area contributed by atoms with Crippen molar-refractivity contribution < 1.29 is 24.6 Å². The Hall–Kier alpha value is -1.83. The van der Waals surface area contributed by atoms with E-state index in [0.717, 1.165) is 12.8 Å². The Morgan fingerprint density at radius 3 is 2.37 bits per heavy atom. The second-order valence-electron chi connectivity index (χ2n) is 4.46. The van der Waals surface area contributed by atoms with Crippen molar-refractivity contribution in [3.63, 3.8) is 0 Å². The Balaban J connectivity index is 2.30. The fraction of sp³-hybridized carbons (Fsp3) is 0.727. The van der Waals surface area contributed by atoms with Gasteiger partial charge in [0, 0.05) is 13.1 Å². The number of nitrogens with one attached hydrogen (secondary N) is 2. The van der Waals surface area contributed by atoms with Crippen LogP contribution in [0.3, 0.4) is 0 Å². The summed E-state index contributed by atoms with van der Waals surface area (Å²) in [6.45, 7) is 2.55. The lowest BCUT2D eigenvalue weighted by atomic mass is 10.3. The summed E-state index contributed by atoms with van der Waals surface area (Å²) in [4.78, 5) is 35.3. The number of amides is 3. The SMILES string of the molecule is CC(NC(=O)NC[C@H](O)C(=O)O)C(=O)N1CCCC1. The highest BCUT2D eigenvalue weighted by atomic mass is 16.4. The van der Waals surface area contributed by atoms with Gasteiger partial charge in [0.05, 0.1) is 6.54 Å². The highest BCUT2D eigenvalue weighted by molar-refractivity contribution is 5.87. The standard InChI is InChI=1S/C11H19N3O5/c1-7(9(16)14-4-2-3-5-14)13-11(19)12-6-8(15)10(17)18/h7-8,15H,2-6H2,1H3,(H,17,18)(H2,12,13,19)/t7?,8-/m0/s1. The minimum absolute atomic E-state index is 0.161. The molecule has 3 amide bonds. The molecule has 108 valence electrons. The zero-order chi connectivity index (χ0) is 14.4. The van der Waals surface area contributed by atoms with E-state index in [1.54, 1.807) is 11.8 Å². The molecule has 19 heavy (non-hydrogen) atoms. The van der Waals surface area contributed by atoms with E-state index in [4.69, 9.17) is 10.2 Å². The monoisotopic (exact) mass is 273 g/mol. The number of hydrogen-bond acceptors (Lipinski definition) is 4. The van der Waals surface area contributed by atoms with E-state index in [2.05, 4.69) is 10.6 Å². The first-order valence-corrected chi connectivity index (χ1v) is 6.16. The maximum absolute atomic E-state index is 11.9. The highest BCUT2D eigenvalue weighted by Gasteiger charge is 2.24. The van der Waals surface area contributed by atoms with Crippen LogP contribution in [0.4, 0.5) is 4.79 Å². The van der Waals surface area contributed by atoms with E-state index in [9.17, 15) is 14.4 Å². The van der Waals surface area contributed by atoms with E-state index in [1.165, 1.54) is 0 Å². The average Bonchev–Trinajstić information content (AvgIpc) is 2.88. The quantitative estimate of drug-likeness (QED) is 0.498. The van der Waals surface area contributed by atoms with Crippen molar-refractivity contribution in [2.45, 2.75) is 31.9 Å². The predicted octanol–water partition coefficient (Wildman–Crippen LogP) is -1.26. The normalized spacial score (nSPS) is 17.7. The summed E-state index contributed by atoms with van der Waals surface area (Å²) in [5, 5.41) is 22.0. The number of aliphatic carboxylic acids is 1. The van der Waals surface area contributed by atoms with Crippen molar-refractivity contribution >= 4 is 17.9 Å². The molecule has 0 saturated carbocycles. The molecule has 0 radical (unpaired) electrons. The number of rotatable bonds is 5. The molecule has 2 atom stereocenters. The molecular weight excluding hydrogens is 254 g/mol. The van der Waals surface area contributed by atoms with Gasteiger partial charge in [0.25, 0.3) is 0 Å². The highest BCUT2D eigenvalue weighted by Crippen LogP contribution is 2.08. The number of carboxylic acids is 1. The fourth-order valence-corrected chi connectivity index (χ4v) is 1.80. The smallest absolute Gasteiger partial charge is 0.334 e. The third-order valence-corrected chi connectivity index (χ3v) is 2.88. The molecule has 0 aromatic heterocycles. The van der Waals surface area contributed by atoms with E-state index in [0.29, 0.717) is 13.1 Å². The Kier molecular flexibility index (Phi) is 5.56. The van der Waals surface area contributed by atoms with Crippen molar-refractivity contribution in [3.8, 4) is 0 Å². The fourth-order valence-electron chi connectivity index (χ4n) is 1.80. The molecule has 1 unspecified atom stereocenters. The number of likely N-dealkylation sites (tertiary alicyclic amines) is 1. The first-order valence-electron chi connectivity index (χ1n) is 6.16. The molecule has 8 nitrogen and oxygen atoms in total. The number of aliphatic hydroxyl groups is 1. The molecule has 1 heterocycles. The van der Waals surface area contributed by atoms with Crippen molar-refractivity contribution in [1.29, 1.82) is 0 Å². The lowest BCUT2D eigenvalue weighted by molar-refractivity contribution is -0.146. The van der Waals surface area contributed by atoms with Gasteiger partial charge in [0.15, 0.2) is 6.10 Å². The zero-order valence-electron chi connectivity index (χ0n) is 10.8. The first-order chi connectivity index (χ1) is 8.91. The number of hydrogen-bond donors (Lipinski definition) is 4. The lowest BCUT2D eigenvalue weighted by Crippen LogP contribution is -2.50. The third-order valence-electron chi connectivity index (χ3n) is 2.88. The lowest BCUT2D eigenvalue weighted by Gasteiger charge is -2.21. The predicted molar refractivity (Wildman–Crippen MR) is 65.5 cm³/mol. The number of aliphatic hydroxyl groups excluding tert-OH is 1. The summed E-state index contributed by atoms with van der Waals surface area (Å²) >= 11 is 0. The Labute approximate surface area is 110 Å². The van der Waals surface area contributed by atoms with Gasteiger partial charge in [-0.1, -0.05) is 0 Å². The van der Waals surface area contributed by atoms with E-state index >= 15 is 0 Å². The molecule has 0 aromatic carbocycles. The third kappa shape index (κ3) is 4.74. The van der Waals surface area contributed by atoms with Crippen LogP contribution in [-0.2, 0) is 9.59 Å². The summed E-state index contributed by atoms with van der Waals surface area (Å²) in [6.07, 6.45) is 0.278. The largest absolute Gasteiger partial charge is 0.479 e. The number of carbonyl (C=O) groups excluding carboxylic acids is 2. The molecular formula is C11H19N3O5. The molecule has 4 N–H and O–H groups in total. The molecule has 0 bridgehead atoms. The summed E-state index contributed by atoms with van der Waals surface area (Å²) in [6, 6.07) is -1.36. The Morgan fingerprint density at radius 1 is 1.26 bits per heavy atom. The van der Waals surface area contributed by atoms with Gasteiger partial charge in [-0.25, -0.2) is 9.59 Å². The van der Waals surface area contributed by atoms with Crippen LogP contribution in [0.25, 0.3) is 0 Å². The van der Waals surface area contributed by atoms with Crippen molar-refractivity contribution in [1.82, 2.24) is 15.5 Å². The number of carboxylic acid groups (broad SMARTS) is 1. The number of nitrogens with zero attached hydrogens (tertiary/aromatic N) is 1. The van der Waals surface area contributed by atoms with Crippen LogP contribution in [0.2, 0.25) is 0 Å². The van der Waals surface area contributed by atoms with E-state index in [-0.39, 0.29) is 5.91 Å². The second kappa shape index (κ2) is 6.93. The molecule has 0 aliphatic carbocycles. The maximum atomic E-state index is 11.9. The van der Waals surface area contributed by atoms with Gasteiger partial charge < -0.3 is 25.7 Å². The molecule has 1 aliphatic heterocycles.